The smallest absolute Gasteiger partial charge is 0.407 e. The Bertz CT molecular complexity index is 1770. The Morgan fingerprint density at radius 2 is 1.90 bits per heavy atom. The number of hydrogen-bond donors (Lipinski definition) is 2. The van der Waals surface area contributed by atoms with Gasteiger partial charge in [0.2, 0.25) is 5.28 Å². The molecule has 206 valence electrons. The van der Waals surface area contributed by atoms with Crippen LogP contribution in [0.1, 0.15) is 23.1 Å². The second-order valence-corrected chi connectivity index (χ2v) is 10.4. The Morgan fingerprint density at radius 1 is 1.10 bits per heavy atom. The molecule has 3 aromatic carbocycles. The minimum absolute atomic E-state index is 0.0937. The summed E-state index contributed by atoms with van der Waals surface area (Å²) in [4.78, 5) is 27.4. The van der Waals surface area contributed by atoms with Gasteiger partial charge in [0, 0.05) is 37.8 Å². The molecule has 1 saturated heterocycles. The number of aromatic nitrogens is 3. The fourth-order valence-electron chi connectivity index (χ4n) is 5.49. The number of ether oxygens (including phenoxy) is 1. The number of hydrogen-bond acceptors (Lipinski definition) is 6. The van der Waals surface area contributed by atoms with E-state index in [0.29, 0.717) is 37.5 Å². The maximum Gasteiger partial charge on any atom is 0.407 e. The van der Waals surface area contributed by atoms with Gasteiger partial charge in [0.1, 0.15) is 17.9 Å². The predicted molar refractivity (Wildman–Crippen MR) is 157 cm³/mol. The lowest BCUT2D eigenvalue weighted by Gasteiger charge is -2.39. The van der Waals surface area contributed by atoms with Crippen molar-refractivity contribution >= 4 is 45.3 Å². The number of aromatic amines is 1. The van der Waals surface area contributed by atoms with E-state index in [2.05, 4.69) is 45.3 Å². The van der Waals surface area contributed by atoms with Crippen LogP contribution in [0.2, 0.25) is 5.28 Å². The first kappa shape index (κ1) is 26.4. The van der Waals surface area contributed by atoms with E-state index in [4.69, 9.17) is 16.3 Å². The number of anilines is 1. The second-order valence-electron chi connectivity index (χ2n) is 10.0. The number of amides is 1. The van der Waals surface area contributed by atoms with E-state index in [1.165, 1.54) is 4.90 Å². The zero-order valence-electron chi connectivity index (χ0n) is 22.1. The molecule has 1 aliphatic rings. The number of nitrogens with one attached hydrogen (secondary N) is 1. The highest BCUT2D eigenvalue weighted by Gasteiger charge is 2.32. The zero-order valence-corrected chi connectivity index (χ0v) is 22.9. The summed E-state index contributed by atoms with van der Waals surface area (Å²) in [5, 5.41) is 21.2. The number of H-pyrrole nitrogens is 1. The molecule has 1 amide bonds. The van der Waals surface area contributed by atoms with Gasteiger partial charge in [-0.25, -0.2) is 9.78 Å². The van der Waals surface area contributed by atoms with Crippen molar-refractivity contribution in [3.8, 4) is 11.8 Å². The van der Waals surface area contributed by atoms with Crippen molar-refractivity contribution in [2.24, 2.45) is 0 Å². The van der Waals surface area contributed by atoms with Crippen molar-refractivity contribution in [3.63, 3.8) is 0 Å². The van der Waals surface area contributed by atoms with Gasteiger partial charge in [0.05, 0.1) is 24.0 Å². The van der Waals surface area contributed by atoms with Crippen molar-refractivity contribution in [1.82, 2.24) is 19.9 Å². The minimum Gasteiger partial charge on any atom is -0.489 e. The van der Waals surface area contributed by atoms with Crippen molar-refractivity contribution in [3.05, 3.63) is 94.9 Å². The fourth-order valence-corrected chi connectivity index (χ4v) is 5.66. The quantitative estimate of drug-likeness (QED) is 0.231. The van der Waals surface area contributed by atoms with Crippen LogP contribution in [0.5, 0.6) is 5.75 Å². The van der Waals surface area contributed by atoms with Gasteiger partial charge in [-0.2, -0.15) is 10.2 Å². The number of halogens is 1. The summed E-state index contributed by atoms with van der Waals surface area (Å²) in [6.07, 6.45) is 1.57. The molecule has 1 fully saturated rings. The molecule has 9 nitrogen and oxygen atoms in total. The van der Waals surface area contributed by atoms with Gasteiger partial charge < -0.3 is 24.6 Å². The van der Waals surface area contributed by atoms with Gasteiger partial charge in [-0.1, -0.05) is 54.6 Å². The third-order valence-corrected chi connectivity index (χ3v) is 7.63. The molecule has 41 heavy (non-hydrogen) atoms. The average Bonchev–Trinajstić information content (AvgIpc) is 3.38. The summed E-state index contributed by atoms with van der Waals surface area (Å²) in [5.74, 6) is 1.39. The standard InChI is InChI=1S/C31H27ClN6O3/c32-30-35-27-23(17-34-28(27)29(36-30)37-12-13-38(31(39)40)24(18-37)10-11-33)14-22-16-25(15-21-8-4-5-9-26(21)22)41-19-20-6-2-1-3-7-20/h1-9,15-17,24,34H,10,12-14,18-19H2,(H,39,40)/t24-/m0/s1. The number of benzene rings is 3. The number of piperazine rings is 1. The molecule has 0 bridgehead atoms. The van der Waals surface area contributed by atoms with Crippen LogP contribution in [0.25, 0.3) is 21.8 Å². The minimum atomic E-state index is -1.03. The maximum atomic E-state index is 11.7. The summed E-state index contributed by atoms with van der Waals surface area (Å²) in [5.41, 5.74) is 4.57. The van der Waals surface area contributed by atoms with Crippen LogP contribution in [0.4, 0.5) is 10.6 Å². The summed E-state index contributed by atoms with van der Waals surface area (Å²) < 4.78 is 6.19. The summed E-state index contributed by atoms with van der Waals surface area (Å²) >= 11 is 6.43. The molecular formula is C31H27ClN6O3. The van der Waals surface area contributed by atoms with E-state index in [9.17, 15) is 15.2 Å². The van der Waals surface area contributed by atoms with Crippen LogP contribution in [0.15, 0.2) is 72.9 Å². The molecule has 1 aliphatic heterocycles. The van der Waals surface area contributed by atoms with Crippen LogP contribution in [-0.4, -0.2) is 56.7 Å². The number of nitrogens with zero attached hydrogens (tertiary/aromatic N) is 5. The SMILES string of the molecule is N#CC[C@H]1CN(c2nc(Cl)nc3c(Cc4cc(OCc5ccccc5)cc5ccccc45)c[nH]c23)CCN1C(=O)O. The van der Waals surface area contributed by atoms with Crippen LogP contribution >= 0.6 is 11.6 Å². The summed E-state index contributed by atoms with van der Waals surface area (Å²) in [6.45, 7) is 1.50. The first-order chi connectivity index (χ1) is 20.0. The van der Waals surface area contributed by atoms with E-state index in [-0.39, 0.29) is 18.2 Å². The van der Waals surface area contributed by atoms with Gasteiger partial charge in [-0.3, -0.25) is 0 Å². The molecule has 0 saturated carbocycles. The highest BCUT2D eigenvalue weighted by atomic mass is 35.5. The van der Waals surface area contributed by atoms with Crippen molar-refractivity contribution in [2.75, 3.05) is 24.5 Å². The maximum absolute atomic E-state index is 11.7. The van der Waals surface area contributed by atoms with Crippen molar-refractivity contribution in [1.29, 1.82) is 5.26 Å². The summed E-state index contributed by atoms with van der Waals surface area (Å²) in [7, 11) is 0. The lowest BCUT2D eigenvalue weighted by Crippen LogP contribution is -2.55. The largest absolute Gasteiger partial charge is 0.489 e. The number of fused-ring (bicyclic) bond motifs is 2. The van der Waals surface area contributed by atoms with Crippen molar-refractivity contribution < 1.29 is 14.6 Å². The van der Waals surface area contributed by atoms with Crippen LogP contribution in [0.3, 0.4) is 0 Å². The molecule has 1 atom stereocenters. The second kappa shape index (κ2) is 11.4. The first-order valence-corrected chi connectivity index (χ1v) is 13.7. The third kappa shape index (κ3) is 5.47. The molecule has 2 aromatic heterocycles. The first-order valence-electron chi connectivity index (χ1n) is 13.3. The average molecular weight is 567 g/mol. The fraction of sp³-hybridized carbons (Fsp3) is 0.226. The predicted octanol–water partition coefficient (Wildman–Crippen LogP) is 6.02. The lowest BCUT2D eigenvalue weighted by molar-refractivity contribution is 0.119. The molecule has 0 radical (unpaired) electrons. The van der Waals surface area contributed by atoms with Crippen molar-refractivity contribution in [2.45, 2.75) is 25.5 Å². The van der Waals surface area contributed by atoms with Gasteiger partial charge in [-0.15, -0.1) is 0 Å². The number of nitriles is 1. The molecule has 2 N–H and O–H groups in total. The Labute approximate surface area is 241 Å². The molecule has 6 rings (SSSR count). The monoisotopic (exact) mass is 566 g/mol. The zero-order chi connectivity index (χ0) is 28.3. The Balaban J connectivity index is 1.33. The molecular weight excluding hydrogens is 540 g/mol. The van der Waals surface area contributed by atoms with E-state index in [1.54, 1.807) is 0 Å². The molecule has 0 aliphatic carbocycles. The van der Waals surface area contributed by atoms with Crippen LogP contribution in [-0.2, 0) is 13.0 Å². The molecule has 0 unspecified atom stereocenters. The van der Waals surface area contributed by atoms with E-state index >= 15 is 0 Å². The van der Waals surface area contributed by atoms with E-state index < -0.39 is 12.1 Å². The molecule has 0 spiro atoms. The number of carboxylic acid groups (broad SMARTS) is 1. The highest BCUT2D eigenvalue weighted by molar-refractivity contribution is 6.28. The molecule has 10 heteroatoms. The van der Waals surface area contributed by atoms with E-state index in [1.807, 2.05) is 53.6 Å². The lowest BCUT2D eigenvalue weighted by atomic mass is 9.98. The summed E-state index contributed by atoms with van der Waals surface area (Å²) in [6, 6.07) is 24.1. The van der Waals surface area contributed by atoms with Gasteiger partial charge >= 0.3 is 6.09 Å². The Kier molecular flexibility index (Phi) is 7.32. The number of rotatable bonds is 7. The third-order valence-electron chi connectivity index (χ3n) is 7.46. The molecule has 3 heterocycles. The molecule has 5 aromatic rings. The highest BCUT2D eigenvalue weighted by Crippen LogP contribution is 2.33. The van der Waals surface area contributed by atoms with Gasteiger partial charge in [0.15, 0.2) is 5.82 Å². The number of carbonyl (C=O) groups is 1. The normalized spacial score (nSPS) is 15.3. The Hall–Kier alpha value is -4.81. The van der Waals surface area contributed by atoms with Gasteiger partial charge in [-0.05, 0) is 45.6 Å². The van der Waals surface area contributed by atoms with Gasteiger partial charge in [0.25, 0.3) is 0 Å². The van der Waals surface area contributed by atoms with E-state index in [0.717, 1.165) is 38.7 Å². The topological polar surface area (TPSA) is 118 Å². The van der Waals surface area contributed by atoms with Crippen LogP contribution < -0.4 is 9.64 Å². The Morgan fingerprint density at radius 3 is 2.71 bits per heavy atom. The van der Waals surface area contributed by atoms with Crippen LogP contribution in [0, 0.1) is 11.3 Å².